The summed E-state index contributed by atoms with van der Waals surface area (Å²) in [6.07, 6.45) is -5.77. The predicted octanol–water partition coefficient (Wildman–Crippen LogP) is -3.12. The van der Waals surface area contributed by atoms with Gasteiger partial charge in [0.2, 0.25) is 47.3 Å². The number of carbonyl (C=O) groups is 12. The molecule has 9 amide bonds. The number of hydrogen-bond acceptors (Lipinski definition) is 19. The lowest BCUT2D eigenvalue weighted by Gasteiger charge is -2.28. The number of carboxylic acids is 3. The average Bonchev–Trinajstić information content (AvgIpc) is 0.886. The number of unbranched alkanes of at least 4 members (excludes halogenated alkanes) is 1. The van der Waals surface area contributed by atoms with E-state index in [1.807, 2.05) is 5.32 Å². The first-order valence-corrected chi connectivity index (χ1v) is 29.4. The van der Waals surface area contributed by atoms with Crippen LogP contribution in [0.3, 0.4) is 0 Å². The molecule has 0 bridgehead atoms. The summed E-state index contributed by atoms with van der Waals surface area (Å²) in [6, 6.07) is -2.66. The lowest BCUT2D eigenvalue weighted by molar-refractivity contribution is -0.385. The van der Waals surface area contributed by atoms with Gasteiger partial charge in [0.25, 0.3) is 5.91 Å². The van der Waals surface area contributed by atoms with E-state index in [4.69, 9.17) is 44.3 Å². The van der Waals surface area contributed by atoms with Gasteiger partial charge in [0, 0.05) is 31.3 Å². The van der Waals surface area contributed by atoms with Crippen molar-refractivity contribution in [3.05, 3.63) is 63.7 Å². The zero-order valence-electron chi connectivity index (χ0n) is 52.7. The fourth-order valence-electron chi connectivity index (χ4n) is 8.42. The van der Waals surface area contributed by atoms with Crippen LogP contribution in [0.25, 0.3) is 0 Å². The second kappa shape index (κ2) is 41.1. The predicted molar refractivity (Wildman–Crippen MR) is 333 cm³/mol. The van der Waals surface area contributed by atoms with Crippen LogP contribution in [0.15, 0.2) is 52.4 Å². The summed E-state index contributed by atoms with van der Waals surface area (Å²) < 4.78 is 31.7. The standard InChI is InChI=1S/C54H84N18O16.C2HF3O2/c1-27(2)22-36(49(82)64-29(5)44(77)69-37(50(83)70-38(52(85)86)25-42(75)76)23-30-17-18-40(73)39(24-30)72(87)88)65-41(74)26-63-46(79)33(15-10-20-61-53(57)58)67-47(80)34(14-8-9-19-55)68-51(84)43(28(3)4)71-48(81)35(16-11-21-62-54(59)60)66-45(78)31-12-6-7-13-32(31)56;3-2(4,5)1(6)7/h6-7,12-13,17-18,24,27-29,33-38,43,73H,8-11,14-16,19-23,25-26,55-56H2,1-5H3,(H,63,79)(H,64,82)(H,65,74)(H,66,78)(H,67,80)(H,68,84)(H,69,77)(H,70,83)(H,71,81)(H,75,76)(H,85,86)(H4,57,58,61)(H4,59,60,62);(H,6,7)/t29-,33-,34-,35-,36-,37-,38-,43-;/m0./s1. The van der Waals surface area contributed by atoms with E-state index in [0.717, 1.165) is 12.1 Å². The third-order valence-electron chi connectivity index (χ3n) is 13.3. The number of rotatable bonds is 39. The highest BCUT2D eigenvalue weighted by Crippen LogP contribution is 2.27. The molecule has 0 fully saturated rings. The number of aliphatic carboxylic acids is 3. The molecule has 0 spiro atoms. The summed E-state index contributed by atoms with van der Waals surface area (Å²) in [6.45, 7) is 7.43. The first-order chi connectivity index (χ1) is 44.3. The molecule has 0 aliphatic rings. The second-order valence-corrected chi connectivity index (χ2v) is 22.0. The monoisotopic (exact) mass is 1350 g/mol. The Balaban J connectivity index is 0.00000607. The van der Waals surface area contributed by atoms with Crippen molar-refractivity contribution < 1.29 is 96.1 Å². The lowest BCUT2D eigenvalue weighted by Crippen LogP contribution is -2.59. The Labute approximate surface area is 542 Å². The molecular formula is C56H85F3N18O18. The number of nitrogens with two attached hydrogens (primary N) is 6. The number of anilines is 1. The number of guanidine groups is 2. The highest BCUT2D eigenvalue weighted by atomic mass is 19.4. The molecule has 0 saturated heterocycles. The van der Waals surface area contributed by atoms with Gasteiger partial charge in [-0.2, -0.15) is 13.2 Å². The quantitative estimate of drug-likeness (QED) is 0.00786. The van der Waals surface area contributed by atoms with Gasteiger partial charge in [0.05, 0.1) is 23.5 Å². The summed E-state index contributed by atoms with van der Waals surface area (Å²) in [4.78, 5) is 174. The number of aromatic hydroxyl groups is 1. The Morgan fingerprint density at radius 3 is 1.61 bits per heavy atom. The molecule has 0 saturated carbocycles. The number of phenolic OH excluding ortho intramolecular Hbond substituents is 1. The zero-order valence-corrected chi connectivity index (χ0v) is 52.7. The Morgan fingerprint density at radius 1 is 0.611 bits per heavy atom. The van der Waals surface area contributed by atoms with Gasteiger partial charge in [-0.05, 0) is 100 Å². The zero-order chi connectivity index (χ0) is 72.4. The number of nitro benzene ring substituents is 1. The maximum absolute atomic E-state index is 14.2. The van der Waals surface area contributed by atoms with Gasteiger partial charge in [0.1, 0.15) is 48.3 Å². The Kier molecular flexibility index (Phi) is 35.6. The van der Waals surface area contributed by atoms with Crippen molar-refractivity contribution in [3.8, 4) is 5.75 Å². The van der Waals surface area contributed by atoms with E-state index in [9.17, 15) is 91.3 Å². The molecule has 2 aromatic rings. The number of aliphatic imine (C=N–C) groups is 2. The molecule has 0 unspecified atom stereocenters. The van der Waals surface area contributed by atoms with Gasteiger partial charge in [-0.3, -0.25) is 68.0 Å². The molecule has 95 heavy (non-hydrogen) atoms. The molecule has 2 rings (SSSR count). The molecule has 0 heterocycles. The SMILES string of the molecule is CC(C)C[C@H](NC(=O)CNC(=O)[C@H](CCCN=C(N)N)NC(=O)[C@H](CCCCN)NC(=O)[C@@H](NC(=O)[C@H](CCCN=C(N)N)NC(=O)c1ccccc1N)C(C)C)C(=O)N[C@@H](C)C(=O)N[C@@H](Cc1ccc(O)c([N+](=O)[O-])c1)C(=O)N[C@@H](CC(=O)O)C(=O)O.O=C(O)C(F)(F)F. The average molecular weight is 1360 g/mol. The first kappa shape index (κ1) is 82.4. The topological polar surface area (TPSA) is 618 Å². The smallest absolute Gasteiger partial charge is 0.490 e. The number of hydrogen-bond donors (Lipinski definition) is 19. The normalized spacial score (nSPS) is 13.5. The summed E-state index contributed by atoms with van der Waals surface area (Å²) in [5.41, 5.74) is 33.2. The number of carbonyl (C=O) groups excluding carboxylic acids is 9. The molecule has 8 atom stereocenters. The van der Waals surface area contributed by atoms with Crippen molar-refractivity contribution in [3.63, 3.8) is 0 Å². The van der Waals surface area contributed by atoms with E-state index in [-0.39, 0.29) is 92.8 Å². The van der Waals surface area contributed by atoms with Gasteiger partial charge >= 0.3 is 29.8 Å². The molecule has 0 radical (unpaired) electrons. The molecule has 2 aromatic carbocycles. The Bertz CT molecular complexity index is 3070. The summed E-state index contributed by atoms with van der Waals surface area (Å²) in [5, 5.41) is 69.6. The van der Waals surface area contributed by atoms with Gasteiger partial charge in [0.15, 0.2) is 17.7 Å². The van der Waals surface area contributed by atoms with E-state index < -0.39 is 167 Å². The largest absolute Gasteiger partial charge is 0.502 e. The van der Waals surface area contributed by atoms with Crippen LogP contribution < -0.4 is 82.3 Å². The number of phenols is 1. The van der Waals surface area contributed by atoms with Crippen LogP contribution in [0.2, 0.25) is 0 Å². The van der Waals surface area contributed by atoms with E-state index in [0.29, 0.717) is 12.8 Å². The summed E-state index contributed by atoms with van der Waals surface area (Å²) in [5.74, 6) is -16.3. The summed E-state index contributed by atoms with van der Waals surface area (Å²) >= 11 is 0. The number of alkyl halides is 3. The van der Waals surface area contributed by atoms with Gasteiger partial charge in [-0.15, -0.1) is 0 Å². The third kappa shape index (κ3) is 32.0. The van der Waals surface area contributed by atoms with Crippen LogP contribution in [0.5, 0.6) is 5.75 Å². The van der Waals surface area contributed by atoms with E-state index in [2.05, 4.69) is 52.5 Å². The van der Waals surface area contributed by atoms with Gasteiger partial charge < -0.3 is 103 Å². The first-order valence-electron chi connectivity index (χ1n) is 29.4. The third-order valence-corrected chi connectivity index (χ3v) is 13.3. The van der Waals surface area contributed by atoms with Crippen LogP contribution in [0, 0.1) is 22.0 Å². The van der Waals surface area contributed by atoms with Crippen LogP contribution in [-0.4, -0.2) is 189 Å². The number of nitrogens with one attached hydrogen (secondary N) is 9. The number of halogens is 3. The minimum absolute atomic E-state index is 0.000842. The van der Waals surface area contributed by atoms with E-state index in [1.54, 1.807) is 39.8 Å². The Hall–Kier alpha value is -10.6. The van der Waals surface area contributed by atoms with E-state index >= 15 is 0 Å². The van der Waals surface area contributed by atoms with Crippen molar-refractivity contribution in [2.75, 3.05) is 31.9 Å². The number of para-hydroxylation sites is 1. The highest BCUT2D eigenvalue weighted by Gasteiger charge is 2.39. The molecule has 36 nitrogen and oxygen atoms in total. The summed E-state index contributed by atoms with van der Waals surface area (Å²) in [7, 11) is 0. The van der Waals surface area contributed by atoms with Gasteiger partial charge in [-0.25, -0.2) is 9.59 Å². The molecule has 0 aliphatic heterocycles. The fraction of sp³-hybridized carbons (Fsp3) is 0.536. The van der Waals surface area contributed by atoms with Crippen molar-refractivity contribution in [2.24, 2.45) is 50.5 Å². The molecule has 0 aromatic heterocycles. The van der Waals surface area contributed by atoms with Crippen LogP contribution in [0.4, 0.5) is 24.5 Å². The molecule has 39 heteroatoms. The second-order valence-electron chi connectivity index (χ2n) is 22.0. The maximum Gasteiger partial charge on any atom is 0.490 e. The van der Waals surface area contributed by atoms with Crippen molar-refractivity contribution in [1.29, 1.82) is 0 Å². The number of nitro groups is 1. The lowest BCUT2D eigenvalue weighted by atomic mass is 10.00. The molecular weight excluding hydrogens is 1270 g/mol. The fourth-order valence-corrected chi connectivity index (χ4v) is 8.42. The minimum atomic E-state index is -5.08. The number of nitrogens with zero attached hydrogens (tertiary/aromatic N) is 3. The molecule has 528 valence electrons. The van der Waals surface area contributed by atoms with Crippen LogP contribution >= 0.6 is 0 Å². The number of benzene rings is 2. The van der Waals surface area contributed by atoms with Crippen LogP contribution in [0.1, 0.15) is 108 Å². The Morgan fingerprint density at radius 2 is 1.11 bits per heavy atom. The number of carboxylic acid groups (broad SMARTS) is 3. The minimum Gasteiger partial charge on any atom is -0.502 e. The number of amides is 9. The van der Waals surface area contributed by atoms with Gasteiger partial charge in [-0.1, -0.05) is 45.9 Å². The maximum atomic E-state index is 14.2. The number of nitrogen functional groups attached to an aromatic ring is 1. The molecule has 0 aliphatic carbocycles. The van der Waals surface area contributed by atoms with Crippen LogP contribution in [-0.2, 0) is 59.2 Å². The van der Waals surface area contributed by atoms with Crippen molar-refractivity contribution in [1.82, 2.24) is 47.9 Å². The van der Waals surface area contributed by atoms with E-state index in [1.165, 1.54) is 25.1 Å². The van der Waals surface area contributed by atoms with Crippen molar-refractivity contribution >= 4 is 94.4 Å². The van der Waals surface area contributed by atoms with Crippen molar-refractivity contribution in [2.45, 2.75) is 153 Å². The highest BCUT2D eigenvalue weighted by molar-refractivity contribution is 6.02. The molecule has 25 N–H and O–H groups in total.